The van der Waals surface area contributed by atoms with E-state index in [0.29, 0.717) is 0 Å². The third-order valence-electron chi connectivity index (χ3n) is 2.83. The van der Waals surface area contributed by atoms with Crippen molar-refractivity contribution in [1.82, 2.24) is 10.2 Å². The van der Waals surface area contributed by atoms with Crippen LogP contribution >= 0.6 is 12.2 Å². The number of ether oxygens (including phenoxy) is 1. The highest BCUT2D eigenvalue weighted by atomic mass is 32.1. The standard InChI is InChI=1S/C14H23N3OS/c1-16(2)10-9-15-14(19)17(3)11-12-5-7-13(18-4)8-6-12/h5-8H,9-11H2,1-4H3,(H,15,19)/p+1. The van der Waals surface area contributed by atoms with Crippen LogP contribution in [0.3, 0.4) is 0 Å². The van der Waals surface area contributed by atoms with Crippen LogP contribution < -0.4 is 15.0 Å². The third-order valence-corrected chi connectivity index (χ3v) is 3.28. The molecule has 106 valence electrons. The van der Waals surface area contributed by atoms with Gasteiger partial charge in [0.1, 0.15) is 5.75 Å². The Bertz CT molecular complexity index is 392. The summed E-state index contributed by atoms with van der Waals surface area (Å²) in [6, 6.07) is 8.05. The van der Waals surface area contributed by atoms with Crippen molar-refractivity contribution in [3.05, 3.63) is 29.8 Å². The molecule has 0 aliphatic rings. The Kier molecular flexibility index (Phi) is 6.59. The summed E-state index contributed by atoms with van der Waals surface area (Å²) >= 11 is 5.36. The van der Waals surface area contributed by atoms with Crippen LogP contribution in [0, 0.1) is 0 Å². The Morgan fingerprint density at radius 2 is 1.95 bits per heavy atom. The van der Waals surface area contributed by atoms with Crippen LogP contribution in [-0.4, -0.2) is 51.4 Å². The molecule has 0 atom stereocenters. The maximum absolute atomic E-state index is 5.36. The smallest absolute Gasteiger partial charge is 0.169 e. The van der Waals surface area contributed by atoms with Gasteiger partial charge in [-0.25, -0.2) is 0 Å². The molecule has 0 bridgehead atoms. The quantitative estimate of drug-likeness (QED) is 0.727. The summed E-state index contributed by atoms with van der Waals surface area (Å²) < 4.78 is 5.14. The molecule has 0 aliphatic heterocycles. The predicted molar refractivity (Wildman–Crippen MR) is 82.7 cm³/mol. The van der Waals surface area contributed by atoms with Crippen LogP contribution in [0.2, 0.25) is 0 Å². The van der Waals surface area contributed by atoms with Crippen LogP contribution in [0.25, 0.3) is 0 Å². The van der Waals surface area contributed by atoms with Gasteiger partial charge in [0.15, 0.2) is 5.11 Å². The molecule has 0 unspecified atom stereocenters. The summed E-state index contributed by atoms with van der Waals surface area (Å²) in [5, 5.41) is 4.06. The van der Waals surface area contributed by atoms with Gasteiger partial charge in [-0.2, -0.15) is 0 Å². The van der Waals surface area contributed by atoms with Gasteiger partial charge in [-0.15, -0.1) is 0 Å². The molecule has 0 aliphatic carbocycles. The zero-order chi connectivity index (χ0) is 14.3. The summed E-state index contributed by atoms with van der Waals surface area (Å²) in [5.41, 5.74) is 1.21. The SMILES string of the molecule is COc1ccc(CN(C)C(=S)NCC[NH+](C)C)cc1. The van der Waals surface area contributed by atoms with Crippen molar-refractivity contribution in [2.24, 2.45) is 0 Å². The number of rotatable bonds is 6. The topological polar surface area (TPSA) is 28.9 Å². The third kappa shape index (κ3) is 5.89. The van der Waals surface area contributed by atoms with E-state index < -0.39 is 0 Å². The number of methoxy groups -OCH3 is 1. The van der Waals surface area contributed by atoms with Gasteiger partial charge in [-0.3, -0.25) is 0 Å². The van der Waals surface area contributed by atoms with Gasteiger partial charge in [0.05, 0.1) is 34.3 Å². The lowest BCUT2D eigenvalue weighted by molar-refractivity contribution is -0.856. The first-order valence-electron chi connectivity index (χ1n) is 6.44. The van der Waals surface area contributed by atoms with E-state index in [2.05, 4.69) is 31.5 Å². The Morgan fingerprint density at radius 3 is 2.47 bits per heavy atom. The van der Waals surface area contributed by atoms with Gasteiger partial charge in [0, 0.05) is 13.6 Å². The van der Waals surface area contributed by atoms with Gasteiger partial charge in [-0.05, 0) is 29.9 Å². The molecule has 0 fully saturated rings. The number of hydrogen-bond donors (Lipinski definition) is 2. The van der Waals surface area contributed by atoms with Crippen molar-refractivity contribution in [3.8, 4) is 5.75 Å². The summed E-state index contributed by atoms with van der Waals surface area (Å²) in [4.78, 5) is 3.45. The number of hydrogen-bond acceptors (Lipinski definition) is 2. The van der Waals surface area contributed by atoms with Gasteiger partial charge in [0.2, 0.25) is 0 Å². The second-order valence-corrected chi connectivity index (χ2v) is 5.28. The Labute approximate surface area is 121 Å². The zero-order valence-corrected chi connectivity index (χ0v) is 13.0. The second kappa shape index (κ2) is 7.96. The van der Waals surface area contributed by atoms with E-state index in [-0.39, 0.29) is 0 Å². The Morgan fingerprint density at radius 1 is 1.32 bits per heavy atom. The Hall–Kier alpha value is -1.33. The second-order valence-electron chi connectivity index (χ2n) is 4.89. The van der Waals surface area contributed by atoms with Crippen LogP contribution in [-0.2, 0) is 6.54 Å². The van der Waals surface area contributed by atoms with E-state index in [1.165, 1.54) is 10.5 Å². The highest BCUT2D eigenvalue weighted by Crippen LogP contribution is 2.12. The lowest BCUT2D eigenvalue weighted by atomic mass is 10.2. The lowest BCUT2D eigenvalue weighted by Crippen LogP contribution is -3.06. The van der Waals surface area contributed by atoms with E-state index in [9.17, 15) is 0 Å². The van der Waals surface area contributed by atoms with Crippen molar-refractivity contribution >= 4 is 17.3 Å². The fourth-order valence-corrected chi connectivity index (χ4v) is 1.80. The normalized spacial score (nSPS) is 10.4. The van der Waals surface area contributed by atoms with E-state index in [4.69, 9.17) is 17.0 Å². The molecule has 1 aromatic carbocycles. The van der Waals surface area contributed by atoms with E-state index in [1.54, 1.807) is 7.11 Å². The molecule has 0 spiro atoms. The van der Waals surface area contributed by atoms with Gasteiger partial charge >= 0.3 is 0 Å². The number of likely N-dealkylation sites (N-methyl/N-ethyl adjacent to an activating group) is 1. The molecule has 5 heteroatoms. The van der Waals surface area contributed by atoms with E-state index >= 15 is 0 Å². The van der Waals surface area contributed by atoms with Crippen molar-refractivity contribution < 1.29 is 9.64 Å². The molecule has 19 heavy (non-hydrogen) atoms. The molecule has 0 saturated carbocycles. The van der Waals surface area contributed by atoms with Crippen LogP contribution in [0.4, 0.5) is 0 Å². The molecular formula is C14H24N3OS+. The number of quaternary nitrogens is 1. The largest absolute Gasteiger partial charge is 0.497 e. The van der Waals surface area contributed by atoms with Crippen LogP contribution in [0.5, 0.6) is 5.75 Å². The molecule has 0 radical (unpaired) electrons. The summed E-state index contributed by atoms with van der Waals surface area (Å²) in [7, 11) is 7.94. The molecule has 1 aromatic rings. The lowest BCUT2D eigenvalue weighted by Gasteiger charge is -2.21. The molecule has 0 aromatic heterocycles. The number of nitrogens with one attached hydrogen (secondary N) is 2. The average molecular weight is 282 g/mol. The maximum atomic E-state index is 5.36. The first-order valence-corrected chi connectivity index (χ1v) is 6.84. The highest BCUT2D eigenvalue weighted by molar-refractivity contribution is 7.80. The first-order chi connectivity index (χ1) is 9.02. The minimum atomic E-state index is 0.789. The number of benzene rings is 1. The molecule has 0 heterocycles. The number of nitrogens with zero attached hydrogens (tertiary/aromatic N) is 1. The highest BCUT2D eigenvalue weighted by Gasteiger charge is 2.05. The van der Waals surface area contributed by atoms with E-state index in [0.717, 1.165) is 30.5 Å². The molecular weight excluding hydrogens is 258 g/mol. The average Bonchev–Trinajstić information content (AvgIpc) is 2.39. The number of thiocarbonyl (C=S) groups is 1. The molecule has 4 nitrogen and oxygen atoms in total. The summed E-state index contributed by atoms with van der Waals surface area (Å²) in [5.74, 6) is 0.876. The molecule has 2 N–H and O–H groups in total. The minimum absolute atomic E-state index is 0.789. The molecule has 0 amide bonds. The summed E-state index contributed by atoms with van der Waals surface area (Å²) in [6.07, 6.45) is 0. The summed E-state index contributed by atoms with van der Waals surface area (Å²) in [6.45, 7) is 2.75. The van der Waals surface area contributed by atoms with Crippen molar-refractivity contribution in [2.75, 3.05) is 41.3 Å². The van der Waals surface area contributed by atoms with Crippen molar-refractivity contribution in [1.29, 1.82) is 0 Å². The monoisotopic (exact) mass is 282 g/mol. The molecule has 0 saturated heterocycles. The van der Waals surface area contributed by atoms with Crippen LogP contribution in [0.1, 0.15) is 5.56 Å². The van der Waals surface area contributed by atoms with E-state index in [1.807, 2.05) is 24.1 Å². The van der Waals surface area contributed by atoms with Crippen molar-refractivity contribution in [2.45, 2.75) is 6.54 Å². The van der Waals surface area contributed by atoms with Crippen molar-refractivity contribution in [3.63, 3.8) is 0 Å². The predicted octanol–water partition coefficient (Wildman–Crippen LogP) is 0.146. The molecule has 1 rings (SSSR count). The first kappa shape index (κ1) is 15.7. The van der Waals surface area contributed by atoms with Gasteiger partial charge in [0.25, 0.3) is 0 Å². The van der Waals surface area contributed by atoms with Gasteiger partial charge < -0.3 is 19.9 Å². The van der Waals surface area contributed by atoms with Crippen LogP contribution in [0.15, 0.2) is 24.3 Å². The van der Waals surface area contributed by atoms with Gasteiger partial charge in [-0.1, -0.05) is 12.1 Å². The fraction of sp³-hybridized carbons (Fsp3) is 0.500. The zero-order valence-electron chi connectivity index (χ0n) is 12.2. The minimum Gasteiger partial charge on any atom is -0.497 e. The Balaban J connectivity index is 2.40. The fourth-order valence-electron chi connectivity index (χ4n) is 1.63. The maximum Gasteiger partial charge on any atom is 0.169 e.